The zero-order chi connectivity index (χ0) is 18.6. The Bertz CT molecular complexity index is 836. The predicted octanol–water partition coefficient (Wildman–Crippen LogP) is 5.25. The van der Waals surface area contributed by atoms with Crippen LogP contribution >= 0.6 is 11.6 Å². The van der Waals surface area contributed by atoms with Crippen LogP contribution in [0.1, 0.15) is 37.7 Å². The molecular formula is C20H23ClFNO2S. The summed E-state index contributed by atoms with van der Waals surface area (Å²) in [6, 6.07) is 13.1. The lowest BCUT2D eigenvalue weighted by Crippen LogP contribution is -2.35. The van der Waals surface area contributed by atoms with Crippen molar-refractivity contribution in [2.24, 2.45) is 5.92 Å². The highest BCUT2D eigenvalue weighted by molar-refractivity contribution is 7.89. The van der Waals surface area contributed by atoms with Gasteiger partial charge in [-0.2, -0.15) is 4.31 Å². The van der Waals surface area contributed by atoms with Gasteiger partial charge in [-0.15, -0.1) is 0 Å². The van der Waals surface area contributed by atoms with Crippen molar-refractivity contribution in [1.82, 2.24) is 4.31 Å². The molecule has 0 atom stereocenters. The Morgan fingerprint density at radius 3 is 2.38 bits per heavy atom. The summed E-state index contributed by atoms with van der Waals surface area (Å²) in [5, 5.41) is -0.177. The zero-order valence-corrected chi connectivity index (χ0v) is 16.1. The fourth-order valence-corrected chi connectivity index (χ4v) is 5.26. The number of benzene rings is 2. The second-order valence-corrected chi connectivity index (χ2v) is 9.21. The van der Waals surface area contributed by atoms with Gasteiger partial charge in [0.25, 0.3) is 0 Å². The summed E-state index contributed by atoms with van der Waals surface area (Å²) < 4.78 is 41.4. The summed E-state index contributed by atoms with van der Waals surface area (Å²) >= 11 is 5.82. The van der Waals surface area contributed by atoms with E-state index in [1.807, 2.05) is 30.3 Å². The lowest BCUT2D eigenvalue weighted by molar-refractivity contribution is 0.275. The largest absolute Gasteiger partial charge is 0.243 e. The molecule has 0 aromatic heterocycles. The summed E-state index contributed by atoms with van der Waals surface area (Å²) in [6.45, 7) is 0.779. The summed E-state index contributed by atoms with van der Waals surface area (Å²) in [7, 11) is -3.76. The van der Waals surface area contributed by atoms with Gasteiger partial charge in [0.05, 0.1) is 9.92 Å². The van der Waals surface area contributed by atoms with E-state index in [2.05, 4.69) is 0 Å². The lowest BCUT2D eigenvalue weighted by Gasteiger charge is -2.29. The van der Waals surface area contributed by atoms with Crippen LogP contribution in [0.4, 0.5) is 4.39 Å². The van der Waals surface area contributed by atoms with Gasteiger partial charge in [0, 0.05) is 13.1 Å². The Balaban J connectivity index is 1.90. The molecule has 1 saturated carbocycles. The van der Waals surface area contributed by atoms with E-state index >= 15 is 0 Å². The minimum Gasteiger partial charge on any atom is -0.207 e. The quantitative estimate of drug-likeness (QED) is 0.669. The van der Waals surface area contributed by atoms with Gasteiger partial charge in [-0.1, -0.05) is 61.2 Å². The number of rotatable bonds is 6. The Morgan fingerprint density at radius 1 is 1.04 bits per heavy atom. The van der Waals surface area contributed by atoms with Gasteiger partial charge in [-0.25, -0.2) is 12.8 Å². The predicted molar refractivity (Wildman–Crippen MR) is 102 cm³/mol. The van der Waals surface area contributed by atoms with Gasteiger partial charge in [0.2, 0.25) is 10.0 Å². The van der Waals surface area contributed by atoms with Crippen LogP contribution in [0, 0.1) is 11.7 Å². The standard InChI is InChI=1S/C20H23ClFNO2S/c21-19-13-18(11-12-20(19)22)26(24,25)23(14-16-7-3-1-4-8-16)15-17-9-5-2-6-10-17/h1,3-4,7-8,11-13,17H,2,5-6,9-10,14-15H2. The highest BCUT2D eigenvalue weighted by Crippen LogP contribution is 2.29. The molecule has 0 aliphatic heterocycles. The Morgan fingerprint density at radius 2 is 1.73 bits per heavy atom. The van der Waals surface area contributed by atoms with Gasteiger partial charge in [-0.3, -0.25) is 0 Å². The zero-order valence-electron chi connectivity index (χ0n) is 14.6. The van der Waals surface area contributed by atoms with Gasteiger partial charge < -0.3 is 0 Å². The number of hydrogen-bond acceptors (Lipinski definition) is 2. The third-order valence-electron chi connectivity index (χ3n) is 4.92. The van der Waals surface area contributed by atoms with Crippen molar-refractivity contribution in [3.8, 4) is 0 Å². The molecular weight excluding hydrogens is 373 g/mol. The summed E-state index contributed by atoms with van der Waals surface area (Å²) in [5.74, 6) is -0.259. The molecule has 0 saturated heterocycles. The Hall–Kier alpha value is -1.43. The molecule has 1 aliphatic rings. The number of halogens is 2. The number of nitrogens with zero attached hydrogens (tertiary/aromatic N) is 1. The molecule has 0 amide bonds. The van der Waals surface area contributed by atoms with Crippen molar-refractivity contribution in [2.45, 2.75) is 43.5 Å². The first kappa shape index (κ1) is 19.3. The maximum atomic E-state index is 13.5. The maximum absolute atomic E-state index is 13.5. The molecule has 2 aromatic rings. The van der Waals surface area contributed by atoms with Crippen molar-refractivity contribution >= 4 is 21.6 Å². The SMILES string of the molecule is O=S(=O)(c1ccc(F)c(Cl)c1)N(Cc1ccccc1)CC1CCCCC1. The second-order valence-electron chi connectivity index (χ2n) is 6.86. The first-order chi connectivity index (χ1) is 12.5. The van der Waals surface area contributed by atoms with Crippen molar-refractivity contribution in [1.29, 1.82) is 0 Å². The van der Waals surface area contributed by atoms with Crippen molar-refractivity contribution in [2.75, 3.05) is 6.54 Å². The molecule has 140 valence electrons. The van der Waals surface area contributed by atoms with Gasteiger partial charge in [-0.05, 0) is 42.5 Å². The smallest absolute Gasteiger partial charge is 0.207 e. The summed E-state index contributed by atoms with van der Waals surface area (Å²) in [5.41, 5.74) is 0.931. The van der Waals surface area contributed by atoms with Gasteiger partial charge in [0.15, 0.2) is 0 Å². The van der Waals surface area contributed by atoms with Crippen molar-refractivity contribution in [3.63, 3.8) is 0 Å². The van der Waals surface area contributed by atoms with Crippen LogP contribution in [0.15, 0.2) is 53.4 Å². The normalized spacial score (nSPS) is 16.1. The monoisotopic (exact) mass is 395 g/mol. The van der Waals surface area contributed by atoms with E-state index in [1.54, 1.807) is 0 Å². The molecule has 3 nitrogen and oxygen atoms in total. The van der Waals surface area contributed by atoms with E-state index in [-0.39, 0.29) is 9.92 Å². The van der Waals surface area contributed by atoms with E-state index in [4.69, 9.17) is 11.6 Å². The van der Waals surface area contributed by atoms with E-state index in [1.165, 1.54) is 22.9 Å². The minimum absolute atomic E-state index is 0.0376. The first-order valence-electron chi connectivity index (χ1n) is 8.96. The lowest BCUT2D eigenvalue weighted by atomic mass is 9.89. The van der Waals surface area contributed by atoms with Crippen molar-refractivity contribution < 1.29 is 12.8 Å². The third kappa shape index (κ3) is 4.64. The van der Waals surface area contributed by atoms with E-state index in [9.17, 15) is 12.8 Å². The van der Waals surface area contributed by atoms with Crippen LogP contribution in [-0.4, -0.2) is 19.3 Å². The van der Waals surface area contributed by atoms with Crippen LogP contribution in [-0.2, 0) is 16.6 Å². The summed E-state index contributed by atoms with van der Waals surface area (Å²) in [6.07, 6.45) is 5.60. The summed E-state index contributed by atoms with van der Waals surface area (Å²) in [4.78, 5) is 0.0376. The maximum Gasteiger partial charge on any atom is 0.243 e. The van der Waals surface area contributed by atoms with Crippen LogP contribution in [0.5, 0.6) is 0 Å². The van der Waals surface area contributed by atoms with Crippen LogP contribution in [0.3, 0.4) is 0 Å². The highest BCUT2D eigenvalue weighted by atomic mass is 35.5. The molecule has 3 rings (SSSR count). The highest BCUT2D eigenvalue weighted by Gasteiger charge is 2.28. The van der Waals surface area contributed by atoms with Crippen LogP contribution in [0.2, 0.25) is 5.02 Å². The molecule has 2 aromatic carbocycles. The molecule has 1 fully saturated rings. The molecule has 0 unspecified atom stereocenters. The first-order valence-corrected chi connectivity index (χ1v) is 10.8. The van der Waals surface area contributed by atoms with Gasteiger partial charge >= 0.3 is 0 Å². The molecule has 26 heavy (non-hydrogen) atoms. The average molecular weight is 396 g/mol. The van der Waals surface area contributed by atoms with Crippen molar-refractivity contribution in [3.05, 3.63) is 64.9 Å². The average Bonchev–Trinajstić information content (AvgIpc) is 2.65. The molecule has 0 bridgehead atoms. The molecule has 6 heteroatoms. The molecule has 0 heterocycles. The molecule has 0 spiro atoms. The fraction of sp³-hybridized carbons (Fsp3) is 0.400. The van der Waals surface area contributed by atoms with E-state index in [0.29, 0.717) is 19.0 Å². The van der Waals surface area contributed by atoms with E-state index < -0.39 is 15.8 Å². The Kier molecular flexibility index (Phi) is 6.33. The molecule has 0 radical (unpaired) electrons. The Labute approximate surface area is 159 Å². The van der Waals surface area contributed by atoms with E-state index in [0.717, 1.165) is 37.3 Å². The molecule has 0 N–H and O–H groups in total. The second kappa shape index (κ2) is 8.51. The van der Waals surface area contributed by atoms with Crippen LogP contribution in [0.25, 0.3) is 0 Å². The number of sulfonamides is 1. The van der Waals surface area contributed by atoms with Gasteiger partial charge in [0.1, 0.15) is 5.82 Å². The third-order valence-corrected chi connectivity index (χ3v) is 7.01. The number of hydrogen-bond donors (Lipinski definition) is 0. The fourth-order valence-electron chi connectivity index (χ4n) is 3.48. The van der Waals surface area contributed by atoms with Crippen LogP contribution < -0.4 is 0 Å². The topological polar surface area (TPSA) is 37.4 Å². The minimum atomic E-state index is -3.76. The molecule has 1 aliphatic carbocycles.